The minimum absolute atomic E-state index is 0.582. The lowest BCUT2D eigenvalue weighted by atomic mass is 10.1. The molecule has 21 heavy (non-hydrogen) atoms. The summed E-state index contributed by atoms with van der Waals surface area (Å²) in [4.78, 5) is 4.39. The van der Waals surface area contributed by atoms with Crippen molar-refractivity contribution in [2.75, 3.05) is 5.73 Å². The fourth-order valence-corrected chi connectivity index (χ4v) is 2.51. The average Bonchev–Trinajstić information content (AvgIpc) is 2.97. The second-order valence-corrected chi connectivity index (χ2v) is 5.43. The summed E-state index contributed by atoms with van der Waals surface area (Å²) in [5.41, 5.74) is 8.75. The molecule has 2 aromatic carbocycles. The molecule has 1 aromatic heterocycles. The fraction of sp³-hybridized carbons (Fsp3) is 0. The Kier molecular flexibility index (Phi) is 3.46. The number of nitrogen functional groups attached to an aromatic ring is 1. The molecule has 4 nitrogen and oxygen atoms in total. The Bertz CT molecular complexity index is 828. The molecule has 0 radical (unpaired) electrons. The summed E-state index contributed by atoms with van der Waals surface area (Å²) in [6.45, 7) is 0. The van der Waals surface area contributed by atoms with Crippen molar-refractivity contribution < 1.29 is 0 Å². The number of imidazole rings is 1. The predicted octanol–water partition coefficient (Wildman–Crippen LogP) is 3.76. The number of nitrogens with zero attached hydrogens (tertiary/aromatic N) is 3. The van der Waals surface area contributed by atoms with Crippen molar-refractivity contribution in [2.45, 2.75) is 0 Å². The molecule has 0 unspecified atom stereocenters. The zero-order valence-corrected chi connectivity index (χ0v) is 12.6. The van der Waals surface area contributed by atoms with E-state index in [4.69, 9.17) is 5.73 Å². The van der Waals surface area contributed by atoms with Crippen LogP contribution >= 0.6 is 15.9 Å². The Morgan fingerprint density at radius 1 is 1.14 bits per heavy atom. The van der Waals surface area contributed by atoms with Gasteiger partial charge in [0.1, 0.15) is 11.9 Å². The molecule has 102 valence electrons. The van der Waals surface area contributed by atoms with Crippen molar-refractivity contribution in [3.8, 4) is 23.1 Å². The molecule has 0 bridgehead atoms. The van der Waals surface area contributed by atoms with Crippen molar-refractivity contribution in [3.63, 3.8) is 0 Å². The van der Waals surface area contributed by atoms with Crippen molar-refractivity contribution in [3.05, 3.63) is 64.9 Å². The van der Waals surface area contributed by atoms with Crippen molar-refractivity contribution in [1.82, 2.24) is 9.55 Å². The lowest BCUT2D eigenvalue weighted by Crippen LogP contribution is -1.99. The summed E-state index contributed by atoms with van der Waals surface area (Å²) in [6.07, 6.45) is 3.56. The van der Waals surface area contributed by atoms with E-state index in [-0.39, 0.29) is 0 Å². The van der Waals surface area contributed by atoms with Crippen LogP contribution in [-0.4, -0.2) is 9.55 Å². The fourth-order valence-electron chi connectivity index (χ4n) is 2.15. The van der Waals surface area contributed by atoms with Crippen molar-refractivity contribution in [2.24, 2.45) is 0 Å². The summed E-state index contributed by atoms with van der Waals surface area (Å²) in [5, 5.41) is 9.32. The number of rotatable bonds is 2. The first-order valence-corrected chi connectivity index (χ1v) is 7.07. The number of hydrogen-bond donors (Lipinski definition) is 1. The third kappa shape index (κ3) is 2.54. The summed E-state index contributed by atoms with van der Waals surface area (Å²) < 4.78 is 2.77. The number of nitriles is 1. The molecule has 0 atom stereocenters. The molecule has 0 aliphatic carbocycles. The second kappa shape index (κ2) is 5.43. The molecule has 2 N–H and O–H groups in total. The Hall–Kier alpha value is -2.58. The molecule has 0 amide bonds. The van der Waals surface area contributed by atoms with Crippen LogP contribution in [0.25, 0.3) is 17.1 Å². The van der Waals surface area contributed by atoms with E-state index >= 15 is 0 Å². The van der Waals surface area contributed by atoms with E-state index in [1.165, 1.54) is 0 Å². The molecule has 0 fully saturated rings. The Morgan fingerprint density at radius 3 is 2.62 bits per heavy atom. The Balaban J connectivity index is 2.16. The van der Waals surface area contributed by atoms with E-state index in [0.29, 0.717) is 11.3 Å². The number of benzene rings is 2. The van der Waals surface area contributed by atoms with E-state index in [2.05, 4.69) is 27.0 Å². The van der Waals surface area contributed by atoms with E-state index in [9.17, 15) is 5.26 Å². The molecular formula is C16H11BrN4. The lowest BCUT2D eigenvalue weighted by molar-refractivity contribution is 1.06. The highest BCUT2D eigenvalue weighted by Crippen LogP contribution is 2.26. The maximum absolute atomic E-state index is 9.32. The van der Waals surface area contributed by atoms with Crippen molar-refractivity contribution in [1.29, 1.82) is 5.26 Å². The number of aromatic nitrogens is 2. The van der Waals surface area contributed by atoms with Gasteiger partial charge in [-0.3, -0.25) is 4.57 Å². The minimum atomic E-state index is 0.582. The van der Waals surface area contributed by atoms with E-state index < -0.39 is 0 Å². The molecule has 5 heteroatoms. The van der Waals surface area contributed by atoms with Gasteiger partial charge in [0.15, 0.2) is 0 Å². The average molecular weight is 339 g/mol. The smallest absolute Gasteiger partial charge is 0.144 e. The molecule has 1 heterocycles. The Morgan fingerprint density at radius 2 is 1.90 bits per heavy atom. The van der Waals surface area contributed by atoms with Gasteiger partial charge in [-0.15, -0.1) is 0 Å². The molecule has 0 spiro atoms. The third-order valence-corrected chi connectivity index (χ3v) is 3.64. The van der Waals surface area contributed by atoms with Gasteiger partial charge < -0.3 is 5.73 Å². The molecule has 3 aromatic rings. The monoisotopic (exact) mass is 338 g/mol. The molecule has 0 aliphatic rings. The van der Waals surface area contributed by atoms with Crippen LogP contribution in [-0.2, 0) is 0 Å². The molecular weight excluding hydrogens is 328 g/mol. The normalized spacial score (nSPS) is 10.3. The van der Waals surface area contributed by atoms with Crippen molar-refractivity contribution >= 4 is 21.6 Å². The zero-order chi connectivity index (χ0) is 14.8. The summed E-state index contributed by atoms with van der Waals surface area (Å²) in [6, 6.07) is 15.3. The molecule has 0 saturated heterocycles. The van der Waals surface area contributed by atoms with Crippen LogP contribution in [0.5, 0.6) is 0 Å². The number of nitrogens with two attached hydrogens (primary N) is 1. The maximum atomic E-state index is 9.32. The minimum Gasteiger partial charge on any atom is -0.399 e. The Labute approximate surface area is 130 Å². The highest BCUT2D eigenvalue weighted by Gasteiger charge is 2.11. The summed E-state index contributed by atoms with van der Waals surface area (Å²) in [7, 11) is 0. The van der Waals surface area contributed by atoms with Gasteiger partial charge in [-0.1, -0.05) is 15.9 Å². The van der Waals surface area contributed by atoms with Crippen LogP contribution in [0.4, 0.5) is 5.69 Å². The summed E-state index contributed by atoms with van der Waals surface area (Å²) >= 11 is 3.38. The highest BCUT2D eigenvalue weighted by atomic mass is 79.9. The van der Waals surface area contributed by atoms with Crippen LogP contribution in [0.2, 0.25) is 0 Å². The third-order valence-electron chi connectivity index (χ3n) is 3.15. The maximum Gasteiger partial charge on any atom is 0.144 e. The number of anilines is 1. The first-order valence-electron chi connectivity index (χ1n) is 6.28. The van der Waals surface area contributed by atoms with E-state index in [1.807, 2.05) is 47.2 Å². The SMILES string of the molecule is N#Cc1cc(Br)ccc1-n1ccnc1-c1ccc(N)cc1. The van der Waals surface area contributed by atoms with Gasteiger partial charge in [0.2, 0.25) is 0 Å². The van der Waals surface area contributed by atoms with Crippen LogP contribution in [0.1, 0.15) is 5.56 Å². The van der Waals surface area contributed by atoms with Gasteiger partial charge >= 0.3 is 0 Å². The summed E-state index contributed by atoms with van der Waals surface area (Å²) in [5.74, 6) is 0.772. The predicted molar refractivity (Wildman–Crippen MR) is 85.8 cm³/mol. The van der Waals surface area contributed by atoms with Gasteiger partial charge in [-0.25, -0.2) is 4.98 Å². The van der Waals surface area contributed by atoms with Crippen LogP contribution in [0.3, 0.4) is 0 Å². The highest BCUT2D eigenvalue weighted by molar-refractivity contribution is 9.10. The quantitative estimate of drug-likeness (QED) is 0.723. The van der Waals surface area contributed by atoms with Gasteiger partial charge in [0.25, 0.3) is 0 Å². The van der Waals surface area contributed by atoms with E-state index in [0.717, 1.165) is 21.5 Å². The van der Waals surface area contributed by atoms with Crippen LogP contribution < -0.4 is 5.73 Å². The number of halogens is 1. The largest absolute Gasteiger partial charge is 0.399 e. The lowest BCUT2D eigenvalue weighted by Gasteiger charge is -2.10. The van der Waals surface area contributed by atoms with E-state index in [1.54, 1.807) is 12.3 Å². The zero-order valence-electron chi connectivity index (χ0n) is 11.0. The first kappa shape index (κ1) is 13.4. The standard InChI is InChI=1S/C16H11BrN4/c17-13-3-6-15(12(9-13)10-18)21-8-7-20-16(21)11-1-4-14(19)5-2-11/h1-9H,19H2. The van der Waals surface area contributed by atoms with Gasteiger partial charge in [-0.05, 0) is 42.5 Å². The topological polar surface area (TPSA) is 67.6 Å². The van der Waals surface area contributed by atoms with Crippen LogP contribution in [0, 0.1) is 11.3 Å². The first-order chi connectivity index (χ1) is 10.2. The molecule has 0 saturated carbocycles. The van der Waals surface area contributed by atoms with Gasteiger partial charge in [0, 0.05) is 28.1 Å². The molecule has 3 rings (SSSR count). The van der Waals surface area contributed by atoms with Crippen LogP contribution in [0.15, 0.2) is 59.3 Å². The number of hydrogen-bond acceptors (Lipinski definition) is 3. The van der Waals surface area contributed by atoms with Gasteiger partial charge in [-0.2, -0.15) is 5.26 Å². The molecule has 0 aliphatic heterocycles. The second-order valence-electron chi connectivity index (χ2n) is 4.52. The van der Waals surface area contributed by atoms with Gasteiger partial charge in [0.05, 0.1) is 11.3 Å².